The first-order valence-electron chi connectivity index (χ1n) is 4.98. The van der Waals surface area contributed by atoms with Crippen LogP contribution in [0.4, 0.5) is 24.5 Å². The standard InChI is InChI=1S/C9H9F3N4O3S/c1-4-3-6(17)8(14-16-13)5(2)7(4)15-20(18,19)9(10,11)12/h3,15,17H,1-2H3. The quantitative estimate of drug-likeness (QED) is 0.386. The van der Waals surface area contributed by atoms with Crippen molar-refractivity contribution in [3.05, 3.63) is 27.6 Å². The molecule has 0 unspecified atom stereocenters. The number of phenols is 1. The van der Waals surface area contributed by atoms with E-state index in [0.717, 1.165) is 6.07 Å². The van der Waals surface area contributed by atoms with Crippen LogP contribution in [-0.2, 0) is 10.0 Å². The van der Waals surface area contributed by atoms with Crippen LogP contribution >= 0.6 is 0 Å². The number of anilines is 1. The Labute approximate surface area is 111 Å². The Morgan fingerprint density at radius 1 is 1.40 bits per heavy atom. The Kier molecular flexibility index (Phi) is 4.06. The molecule has 2 N–H and O–H groups in total. The molecule has 0 fully saturated rings. The summed E-state index contributed by atoms with van der Waals surface area (Å²) in [6.07, 6.45) is 0. The molecule has 1 aromatic carbocycles. The second kappa shape index (κ2) is 5.10. The molecule has 0 saturated heterocycles. The molecular weight excluding hydrogens is 301 g/mol. The zero-order chi connectivity index (χ0) is 15.7. The first-order chi connectivity index (χ1) is 9.01. The van der Waals surface area contributed by atoms with Crippen LogP contribution in [0.25, 0.3) is 10.4 Å². The predicted octanol–water partition coefficient (Wildman–Crippen LogP) is 3.21. The Hall–Kier alpha value is -2.13. The molecule has 1 aromatic rings. The van der Waals surface area contributed by atoms with Gasteiger partial charge in [-0.25, -0.2) is 0 Å². The number of azide groups is 1. The fourth-order valence-corrected chi connectivity index (χ4v) is 2.17. The van der Waals surface area contributed by atoms with Gasteiger partial charge in [-0.05, 0) is 36.6 Å². The molecule has 0 bridgehead atoms. The van der Waals surface area contributed by atoms with Gasteiger partial charge in [-0.3, -0.25) is 4.72 Å². The number of sulfonamides is 1. The number of hydrogen-bond acceptors (Lipinski definition) is 4. The molecule has 0 aromatic heterocycles. The lowest BCUT2D eigenvalue weighted by molar-refractivity contribution is -0.0429. The van der Waals surface area contributed by atoms with E-state index in [1.165, 1.54) is 18.6 Å². The molecule has 0 heterocycles. The van der Waals surface area contributed by atoms with E-state index in [-0.39, 0.29) is 16.8 Å². The van der Waals surface area contributed by atoms with Crippen LogP contribution in [0.15, 0.2) is 11.2 Å². The molecule has 7 nitrogen and oxygen atoms in total. The molecule has 0 amide bonds. The van der Waals surface area contributed by atoms with Gasteiger partial charge in [-0.15, -0.1) is 0 Å². The third-order valence-corrected chi connectivity index (χ3v) is 3.49. The van der Waals surface area contributed by atoms with Gasteiger partial charge in [-0.2, -0.15) is 21.6 Å². The highest BCUT2D eigenvalue weighted by atomic mass is 32.2. The molecule has 0 radical (unpaired) electrons. The molecule has 0 atom stereocenters. The van der Waals surface area contributed by atoms with Crippen LogP contribution in [0.1, 0.15) is 11.1 Å². The predicted molar refractivity (Wildman–Crippen MR) is 65.0 cm³/mol. The molecule has 0 aliphatic carbocycles. The minimum Gasteiger partial charge on any atom is -0.507 e. The summed E-state index contributed by atoms with van der Waals surface area (Å²) in [5.74, 6) is -0.465. The van der Waals surface area contributed by atoms with Gasteiger partial charge in [0.1, 0.15) is 5.75 Å². The summed E-state index contributed by atoms with van der Waals surface area (Å²) < 4.78 is 60.5. The average molecular weight is 310 g/mol. The van der Waals surface area contributed by atoms with Crippen LogP contribution in [0.3, 0.4) is 0 Å². The minimum absolute atomic E-state index is 0.0460. The number of aromatic hydroxyl groups is 1. The van der Waals surface area contributed by atoms with E-state index in [4.69, 9.17) is 5.53 Å². The van der Waals surface area contributed by atoms with Gasteiger partial charge < -0.3 is 5.11 Å². The summed E-state index contributed by atoms with van der Waals surface area (Å²) in [7, 11) is -5.61. The second-order valence-corrected chi connectivity index (χ2v) is 5.48. The topological polar surface area (TPSA) is 115 Å². The van der Waals surface area contributed by atoms with E-state index in [9.17, 15) is 26.7 Å². The molecule has 0 aliphatic rings. The van der Waals surface area contributed by atoms with E-state index < -0.39 is 27.0 Å². The number of benzene rings is 1. The van der Waals surface area contributed by atoms with Gasteiger partial charge in [0.05, 0.1) is 11.4 Å². The highest BCUT2D eigenvalue weighted by molar-refractivity contribution is 7.93. The highest BCUT2D eigenvalue weighted by Crippen LogP contribution is 2.39. The number of phenolic OH excluding ortho intramolecular Hbond substituents is 1. The number of rotatable bonds is 3. The SMILES string of the molecule is Cc1cc(O)c(N=[N+]=[N-])c(C)c1NS(=O)(=O)C(F)(F)F. The fourth-order valence-electron chi connectivity index (χ4n) is 1.47. The van der Waals surface area contributed by atoms with Crippen molar-refractivity contribution in [2.24, 2.45) is 5.11 Å². The summed E-state index contributed by atoms with van der Waals surface area (Å²) in [5.41, 5.74) is 2.01. The number of nitrogens with zero attached hydrogens (tertiary/aromatic N) is 3. The van der Waals surface area contributed by atoms with Crippen molar-refractivity contribution in [1.29, 1.82) is 0 Å². The van der Waals surface area contributed by atoms with Crippen molar-refractivity contribution in [3.8, 4) is 5.75 Å². The van der Waals surface area contributed by atoms with Crippen LogP contribution < -0.4 is 4.72 Å². The molecule has 0 spiro atoms. The number of aryl methyl sites for hydroxylation is 1. The Balaban J connectivity index is 3.48. The van der Waals surface area contributed by atoms with Crippen LogP contribution in [0.2, 0.25) is 0 Å². The van der Waals surface area contributed by atoms with Crippen LogP contribution in [0, 0.1) is 13.8 Å². The van der Waals surface area contributed by atoms with Crippen LogP contribution in [-0.4, -0.2) is 19.0 Å². The molecule has 1 rings (SSSR count). The van der Waals surface area contributed by atoms with Crippen molar-refractivity contribution in [3.63, 3.8) is 0 Å². The number of hydrogen-bond donors (Lipinski definition) is 2. The van der Waals surface area contributed by atoms with Crippen molar-refractivity contribution in [2.45, 2.75) is 19.4 Å². The monoisotopic (exact) mass is 310 g/mol. The second-order valence-electron chi connectivity index (χ2n) is 3.80. The lowest BCUT2D eigenvalue weighted by atomic mass is 10.1. The van der Waals surface area contributed by atoms with Gasteiger partial charge in [0.2, 0.25) is 0 Å². The lowest BCUT2D eigenvalue weighted by Crippen LogP contribution is -2.30. The summed E-state index contributed by atoms with van der Waals surface area (Å²) in [5, 5.41) is 12.6. The van der Waals surface area contributed by atoms with Gasteiger partial charge in [-0.1, -0.05) is 5.11 Å². The highest BCUT2D eigenvalue weighted by Gasteiger charge is 2.46. The zero-order valence-electron chi connectivity index (χ0n) is 10.2. The van der Waals surface area contributed by atoms with E-state index in [1.807, 2.05) is 0 Å². The molecule has 11 heteroatoms. The van der Waals surface area contributed by atoms with E-state index in [0.29, 0.717) is 0 Å². The maximum absolute atomic E-state index is 12.3. The van der Waals surface area contributed by atoms with Gasteiger partial charge >= 0.3 is 15.5 Å². The van der Waals surface area contributed by atoms with Crippen molar-refractivity contribution in [2.75, 3.05) is 4.72 Å². The first-order valence-corrected chi connectivity index (χ1v) is 6.47. The maximum Gasteiger partial charge on any atom is 0.516 e. The molecular formula is C9H9F3N4O3S. The van der Waals surface area contributed by atoms with E-state index in [2.05, 4.69) is 10.0 Å². The Morgan fingerprint density at radius 3 is 2.40 bits per heavy atom. The number of halogens is 3. The van der Waals surface area contributed by atoms with Gasteiger partial charge in [0, 0.05) is 4.91 Å². The molecule has 20 heavy (non-hydrogen) atoms. The average Bonchev–Trinajstić information content (AvgIpc) is 2.28. The third-order valence-electron chi connectivity index (χ3n) is 2.41. The lowest BCUT2D eigenvalue weighted by Gasteiger charge is -2.16. The maximum atomic E-state index is 12.3. The first kappa shape index (κ1) is 15.9. The molecule has 110 valence electrons. The molecule has 0 saturated carbocycles. The fraction of sp³-hybridized carbons (Fsp3) is 0.333. The summed E-state index contributed by atoms with van der Waals surface area (Å²) >= 11 is 0. The van der Waals surface area contributed by atoms with Crippen molar-refractivity contribution in [1.82, 2.24) is 0 Å². The smallest absolute Gasteiger partial charge is 0.507 e. The Bertz CT molecular complexity index is 693. The number of nitrogens with one attached hydrogen (secondary N) is 1. The summed E-state index contributed by atoms with van der Waals surface area (Å²) in [6.45, 7) is 2.51. The van der Waals surface area contributed by atoms with Gasteiger partial charge in [0.25, 0.3) is 0 Å². The minimum atomic E-state index is -5.61. The van der Waals surface area contributed by atoms with Crippen molar-refractivity contribution < 1.29 is 26.7 Å². The number of alkyl halides is 3. The summed E-state index contributed by atoms with van der Waals surface area (Å²) in [6, 6.07) is 0.991. The largest absolute Gasteiger partial charge is 0.516 e. The van der Waals surface area contributed by atoms with Crippen LogP contribution in [0.5, 0.6) is 5.75 Å². The Morgan fingerprint density at radius 2 is 1.95 bits per heavy atom. The zero-order valence-corrected chi connectivity index (χ0v) is 11.0. The normalized spacial score (nSPS) is 11.8. The molecule has 0 aliphatic heterocycles. The van der Waals surface area contributed by atoms with Gasteiger partial charge in [0.15, 0.2) is 0 Å². The van der Waals surface area contributed by atoms with Crippen molar-refractivity contribution >= 4 is 21.4 Å². The third kappa shape index (κ3) is 2.89. The summed E-state index contributed by atoms with van der Waals surface area (Å²) in [4.78, 5) is 2.41. The van der Waals surface area contributed by atoms with E-state index in [1.54, 1.807) is 0 Å². The van der Waals surface area contributed by atoms with E-state index >= 15 is 0 Å².